The quantitative estimate of drug-likeness (QED) is 0.574. The Balaban J connectivity index is 1.52. The van der Waals surface area contributed by atoms with Gasteiger partial charge in [-0.25, -0.2) is 9.18 Å². The third-order valence-electron chi connectivity index (χ3n) is 7.65. The number of methoxy groups -OCH3 is 1. The summed E-state index contributed by atoms with van der Waals surface area (Å²) < 4.78 is 21.3. The van der Waals surface area contributed by atoms with Crippen LogP contribution in [0, 0.1) is 11.2 Å². The van der Waals surface area contributed by atoms with Gasteiger partial charge in [-0.3, -0.25) is 9.69 Å². The number of amides is 1. The maximum Gasteiger partial charge on any atom is 0.354 e. The summed E-state index contributed by atoms with van der Waals surface area (Å²) in [4.78, 5) is 28.2. The number of nitrogens with zero attached hydrogens (tertiary/aromatic N) is 2. The fourth-order valence-electron chi connectivity index (χ4n) is 6.22. The zero-order valence-corrected chi connectivity index (χ0v) is 19.2. The monoisotopic (exact) mass is 459 g/mol. The van der Waals surface area contributed by atoms with Crippen LogP contribution in [-0.4, -0.2) is 41.5 Å². The second-order valence-corrected chi connectivity index (χ2v) is 9.68. The van der Waals surface area contributed by atoms with Crippen LogP contribution in [0.25, 0.3) is 16.6 Å². The van der Waals surface area contributed by atoms with E-state index in [1.807, 2.05) is 22.8 Å². The minimum Gasteiger partial charge on any atom is -0.464 e. The van der Waals surface area contributed by atoms with Gasteiger partial charge in [-0.05, 0) is 61.7 Å². The Hall–Kier alpha value is -3.45. The zero-order chi connectivity index (χ0) is 23.6. The van der Waals surface area contributed by atoms with Crippen molar-refractivity contribution in [3.05, 3.63) is 71.2 Å². The Bertz CT molecular complexity index is 1390. The molecule has 3 aliphatic heterocycles. The van der Waals surface area contributed by atoms with Gasteiger partial charge in [0.05, 0.1) is 24.2 Å². The molecule has 3 aliphatic rings. The fourth-order valence-corrected chi connectivity index (χ4v) is 6.22. The number of aromatic nitrogens is 1. The van der Waals surface area contributed by atoms with Gasteiger partial charge in [0.2, 0.25) is 0 Å². The van der Waals surface area contributed by atoms with Gasteiger partial charge in [0, 0.05) is 28.7 Å². The molecule has 1 N–H and O–H groups in total. The molecular formula is C27H26FN3O3. The molecule has 0 bridgehead atoms. The van der Waals surface area contributed by atoms with Gasteiger partial charge >= 0.3 is 5.97 Å². The summed E-state index contributed by atoms with van der Waals surface area (Å²) in [5.41, 5.74) is 4.17. The van der Waals surface area contributed by atoms with Crippen molar-refractivity contribution < 1.29 is 18.7 Å². The molecule has 174 valence electrons. The molecule has 0 spiro atoms. The zero-order valence-electron chi connectivity index (χ0n) is 19.2. The first kappa shape index (κ1) is 21.1. The summed E-state index contributed by atoms with van der Waals surface area (Å²) in [6, 6.07) is 11.8. The largest absolute Gasteiger partial charge is 0.464 e. The van der Waals surface area contributed by atoms with Crippen LogP contribution in [0.15, 0.2) is 48.5 Å². The molecule has 3 aromatic rings. The number of piperidine rings is 1. The number of hydrogen-bond donors (Lipinski definition) is 1. The fraction of sp³-hybridized carbons (Fsp3) is 0.333. The topological polar surface area (TPSA) is 63.6 Å². The van der Waals surface area contributed by atoms with E-state index >= 15 is 0 Å². The Morgan fingerprint density at radius 2 is 2.00 bits per heavy atom. The summed E-state index contributed by atoms with van der Waals surface area (Å²) in [5, 5.41) is 3.89. The number of carbonyl (C=O) groups is 2. The molecule has 2 aromatic carbocycles. The number of rotatable bonds is 3. The first-order valence-corrected chi connectivity index (χ1v) is 11.7. The number of benzene rings is 2. The molecule has 6 nitrogen and oxygen atoms in total. The average Bonchev–Trinajstić information content (AvgIpc) is 3.16. The van der Waals surface area contributed by atoms with Crippen molar-refractivity contribution >= 4 is 34.2 Å². The highest BCUT2D eigenvalue weighted by Crippen LogP contribution is 2.55. The first-order valence-electron chi connectivity index (χ1n) is 11.7. The van der Waals surface area contributed by atoms with Crippen LogP contribution in [0.3, 0.4) is 0 Å². The van der Waals surface area contributed by atoms with Crippen molar-refractivity contribution in [3.8, 4) is 0 Å². The van der Waals surface area contributed by atoms with Crippen molar-refractivity contribution in [2.24, 2.45) is 5.41 Å². The standard InChI is InChI=1S/C27H26FN3O3/c1-27-11-5-12-30-13-10-18-17-9-8-16(29-25(32)19-6-3-4-7-20(19)28)14-21(17)31(23(18)24(27)30)22(15-27)26(33)34-2/h3-4,6-9,14-15,24H,5,10-13H2,1-2H3,(H,29,32)/t24-,27-/m1/s1. The third-order valence-corrected chi connectivity index (χ3v) is 7.65. The van der Waals surface area contributed by atoms with Crippen molar-refractivity contribution in [2.75, 3.05) is 25.5 Å². The minimum absolute atomic E-state index is 0.0119. The Morgan fingerprint density at radius 3 is 2.79 bits per heavy atom. The number of esters is 1. The molecule has 2 atom stereocenters. The number of anilines is 1. The summed E-state index contributed by atoms with van der Waals surface area (Å²) in [5.74, 6) is -1.45. The minimum atomic E-state index is -0.568. The summed E-state index contributed by atoms with van der Waals surface area (Å²) in [7, 11) is 1.41. The van der Waals surface area contributed by atoms with Crippen molar-refractivity contribution in [3.63, 3.8) is 0 Å². The molecule has 0 saturated carbocycles. The number of halogens is 1. The van der Waals surface area contributed by atoms with Crippen LogP contribution < -0.4 is 5.32 Å². The summed E-state index contributed by atoms with van der Waals surface area (Å²) in [6.45, 7) is 4.27. The molecule has 1 saturated heterocycles. The van der Waals surface area contributed by atoms with Crippen LogP contribution in [0.2, 0.25) is 0 Å². The number of hydrogen-bond acceptors (Lipinski definition) is 4. The SMILES string of the molecule is COC(=O)C1=C[C@@]2(C)CCCN3CCc4c(n1c1cc(NC(=O)c5ccccc5F)ccc41)[C@@H]32. The van der Waals surface area contributed by atoms with E-state index in [-0.39, 0.29) is 23.0 Å². The second-order valence-electron chi connectivity index (χ2n) is 9.68. The van der Waals surface area contributed by atoms with Gasteiger partial charge in [-0.2, -0.15) is 0 Å². The molecule has 0 aliphatic carbocycles. The summed E-state index contributed by atoms with van der Waals surface area (Å²) >= 11 is 0. The van der Waals surface area contributed by atoms with Crippen molar-refractivity contribution in [1.29, 1.82) is 0 Å². The Kier molecular flexibility index (Phi) is 4.68. The van der Waals surface area contributed by atoms with Gasteiger partial charge in [0.15, 0.2) is 0 Å². The van der Waals surface area contributed by atoms with E-state index in [0.29, 0.717) is 11.4 Å². The molecule has 1 amide bonds. The molecule has 0 radical (unpaired) electrons. The van der Waals surface area contributed by atoms with Crippen LogP contribution >= 0.6 is 0 Å². The van der Waals surface area contributed by atoms with Crippen LogP contribution in [0.5, 0.6) is 0 Å². The lowest BCUT2D eigenvalue weighted by Crippen LogP contribution is -2.50. The molecule has 1 fully saturated rings. The maximum absolute atomic E-state index is 14.1. The highest BCUT2D eigenvalue weighted by molar-refractivity contribution is 6.14. The molecule has 34 heavy (non-hydrogen) atoms. The Labute approximate surface area is 197 Å². The van der Waals surface area contributed by atoms with E-state index in [1.54, 1.807) is 12.1 Å². The first-order chi connectivity index (χ1) is 16.4. The molecule has 0 unspecified atom stereocenters. The van der Waals surface area contributed by atoms with E-state index in [2.05, 4.69) is 23.2 Å². The predicted octanol–water partition coefficient (Wildman–Crippen LogP) is 4.76. The number of nitrogens with one attached hydrogen (secondary N) is 1. The van der Waals surface area contributed by atoms with E-state index in [0.717, 1.165) is 48.9 Å². The Morgan fingerprint density at radius 1 is 1.18 bits per heavy atom. The molecule has 6 rings (SSSR count). The number of ether oxygens (including phenoxy) is 1. The molecule has 1 aromatic heterocycles. The lowest BCUT2D eigenvalue weighted by Gasteiger charge is -2.52. The van der Waals surface area contributed by atoms with Gasteiger partial charge in [0.25, 0.3) is 5.91 Å². The highest BCUT2D eigenvalue weighted by Gasteiger charge is 2.49. The van der Waals surface area contributed by atoms with Gasteiger partial charge in [-0.1, -0.05) is 25.1 Å². The van der Waals surface area contributed by atoms with E-state index in [9.17, 15) is 14.0 Å². The van der Waals surface area contributed by atoms with Gasteiger partial charge < -0.3 is 14.6 Å². The average molecular weight is 460 g/mol. The van der Waals surface area contributed by atoms with Crippen molar-refractivity contribution in [1.82, 2.24) is 9.47 Å². The normalized spacial score (nSPS) is 23.3. The lowest BCUT2D eigenvalue weighted by atomic mass is 9.69. The highest BCUT2D eigenvalue weighted by atomic mass is 19.1. The van der Waals surface area contributed by atoms with Crippen molar-refractivity contribution in [2.45, 2.75) is 32.2 Å². The lowest BCUT2D eigenvalue weighted by molar-refractivity contribution is -0.134. The number of fused-ring (bicyclic) bond motifs is 3. The van der Waals surface area contributed by atoms with Crippen LogP contribution in [0.4, 0.5) is 10.1 Å². The van der Waals surface area contributed by atoms with E-state index in [4.69, 9.17) is 4.74 Å². The van der Waals surface area contributed by atoms with E-state index < -0.39 is 11.7 Å². The molecular weight excluding hydrogens is 433 g/mol. The van der Waals surface area contributed by atoms with Crippen LogP contribution in [0.1, 0.15) is 47.4 Å². The van der Waals surface area contributed by atoms with Gasteiger partial charge in [-0.15, -0.1) is 0 Å². The van der Waals surface area contributed by atoms with Gasteiger partial charge in [0.1, 0.15) is 11.5 Å². The predicted molar refractivity (Wildman–Crippen MR) is 128 cm³/mol. The second kappa shape index (κ2) is 7.53. The maximum atomic E-state index is 14.1. The number of carbonyl (C=O) groups excluding carboxylic acids is 2. The third kappa shape index (κ3) is 2.96. The van der Waals surface area contributed by atoms with E-state index in [1.165, 1.54) is 24.8 Å². The smallest absolute Gasteiger partial charge is 0.354 e. The van der Waals surface area contributed by atoms with Crippen LogP contribution in [-0.2, 0) is 16.0 Å². The molecule has 7 heteroatoms. The summed E-state index contributed by atoms with van der Waals surface area (Å²) in [6.07, 6.45) is 5.10. The molecule has 4 heterocycles.